The van der Waals surface area contributed by atoms with Crippen molar-refractivity contribution >= 4 is 35.6 Å². The average molecular weight is 536 g/mol. The molecule has 0 radical (unpaired) electrons. The monoisotopic (exact) mass is 536 g/mol. The van der Waals surface area contributed by atoms with Gasteiger partial charge in [0, 0.05) is 25.3 Å². The number of morpholine rings is 1. The third-order valence-electron chi connectivity index (χ3n) is 5.77. The van der Waals surface area contributed by atoms with E-state index in [1.807, 2.05) is 18.2 Å². The molecule has 6 nitrogen and oxygen atoms in total. The van der Waals surface area contributed by atoms with E-state index < -0.39 is 0 Å². The summed E-state index contributed by atoms with van der Waals surface area (Å²) >= 11 is 0. The van der Waals surface area contributed by atoms with Gasteiger partial charge in [-0.05, 0) is 60.6 Å². The molecule has 0 unspecified atom stereocenters. The van der Waals surface area contributed by atoms with Crippen molar-refractivity contribution in [2.24, 2.45) is 10.7 Å². The Morgan fingerprint density at radius 3 is 2.77 bits per heavy atom. The summed E-state index contributed by atoms with van der Waals surface area (Å²) in [5, 5.41) is 3.31. The highest BCUT2D eigenvalue weighted by Crippen LogP contribution is 2.27. The minimum atomic E-state index is 0. The van der Waals surface area contributed by atoms with Crippen molar-refractivity contribution in [1.29, 1.82) is 0 Å². The number of ether oxygens (including phenoxy) is 2. The topological polar surface area (TPSA) is 72.1 Å². The molecule has 2 aliphatic rings. The van der Waals surface area contributed by atoms with Gasteiger partial charge in [-0.1, -0.05) is 24.3 Å². The van der Waals surface area contributed by atoms with Crippen LogP contribution in [0.4, 0.5) is 5.69 Å². The molecule has 0 bridgehead atoms. The number of anilines is 1. The molecule has 1 aliphatic carbocycles. The standard InChI is InChI=1S/C24H32N4O2.HI/c25-24(27-23-10-4-7-20-6-1-2-9-22(20)23)26-18-19-5-3-8-21(17-19)30-16-13-28-11-14-29-15-12-28;/h3-5,7-8,10,17H,1-2,6,9,11-16,18H2,(H3,25,26,27);1H. The van der Waals surface area contributed by atoms with Crippen LogP contribution in [0.25, 0.3) is 0 Å². The summed E-state index contributed by atoms with van der Waals surface area (Å²) in [6.07, 6.45) is 4.77. The first-order valence-corrected chi connectivity index (χ1v) is 11.0. The van der Waals surface area contributed by atoms with Crippen molar-refractivity contribution in [2.75, 3.05) is 44.8 Å². The molecule has 2 aromatic carbocycles. The second-order valence-electron chi connectivity index (χ2n) is 7.93. The molecule has 0 saturated carbocycles. The molecular weight excluding hydrogens is 503 g/mol. The Morgan fingerprint density at radius 2 is 1.90 bits per heavy atom. The van der Waals surface area contributed by atoms with Crippen LogP contribution in [-0.4, -0.2) is 50.3 Å². The molecule has 1 fully saturated rings. The fourth-order valence-electron chi connectivity index (χ4n) is 4.10. The molecule has 7 heteroatoms. The number of nitrogens with one attached hydrogen (secondary N) is 1. The van der Waals surface area contributed by atoms with Gasteiger partial charge in [0.25, 0.3) is 0 Å². The molecule has 1 heterocycles. The lowest BCUT2D eigenvalue weighted by molar-refractivity contribution is 0.0322. The average Bonchev–Trinajstić information content (AvgIpc) is 2.79. The zero-order valence-corrected chi connectivity index (χ0v) is 20.3. The van der Waals surface area contributed by atoms with Crippen LogP contribution in [0.5, 0.6) is 5.75 Å². The third-order valence-corrected chi connectivity index (χ3v) is 5.77. The van der Waals surface area contributed by atoms with Gasteiger partial charge in [-0.25, -0.2) is 4.99 Å². The number of benzene rings is 2. The van der Waals surface area contributed by atoms with E-state index in [1.165, 1.54) is 24.0 Å². The molecule has 0 atom stereocenters. The van der Waals surface area contributed by atoms with Crippen molar-refractivity contribution in [3.63, 3.8) is 0 Å². The number of nitrogens with zero attached hydrogens (tertiary/aromatic N) is 2. The van der Waals surface area contributed by atoms with Gasteiger partial charge in [0.05, 0.1) is 19.8 Å². The number of hydrogen-bond donors (Lipinski definition) is 2. The smallest absolute Gasteiger partial charge is 0.193 e. The van der Waals surface area contributed by atoms with E-state index in [1.54, 1.807) is 0 Å². The molecule has 31 heavy (non-hydrogen) atoms. The van der Waals surface area contributed by atoms with E-state index in [9.17, 15) is 0 Å². The van der Waals surface area contributed by atoms with Crippen LogP contribution < -0.4 is 15.8 Å². The number of halogens is 1. The summed E-state index contributed by atoms with van der Waals surface area (Å²) < 4.78 is 11.3. The fraction of sp³-hybridized carbons (Fsp3) is 0.458. The Hall–Kier alpha value is -1.84. The Kier molecular flexibility index (Phi) is 9.42. The minimum Gasteiger partial charge on any atom is -0.492 e. The maximum absolute atomic E-state index is 6.18. The van der Waals surface area contributed by atoms with Gasteiger partial charge in [-0.2, -0.15) is 0 Å². The molecule has 0 amide bonds. The van der Waals surface area contributed by atoms with E-state index in [4.69, 9.17) is 15.2 Å². The first kappa shape index (κ1) is 23.8. The summed E-state index contributed by atoms with van der Waals surface area (Å²) in [5.74, 6) is 1.33. The number of nitrogens with two attached hydrogens (primary N) is 1. The largest absolute Gasteiger partial charge is 0.492 e. The Labute approximate surface area is 202 Å². The summed E-state index contributed by atoms with van der Waals surface area (Å²) in [4.78, 5) is 6.91. The van der Waals surface area contributed by atoms with Crippen LogP contribution in [0, 0.1) is 0 Å². The van der Waals surface area contributed by atoms with Crippen molar-refractivity contribution < 1.29 is 9.47 Å². The van der Waals surface area contributed by atoms with Crippen molar-refractivity contribution in [3.8, 4) is 5.75 Å². The molecule has 0 aromatic heterocycles. The van der Waals surface area contributed by atoms with Gasteiger partial charge in [0.15, 0.2) is 5.96 Å². The highest BCUT2D eigenvalue weighted by molar-refractivity contribution is 14.0. The van der Waals surface area contributed by atoms with Crippen LogP contribution in [0.2, 0.25) is 0 Å². The van der Waals surface area contributed by atoms with E-state index in [-0.39, 0.29) is 24.0 Å². The van der Waals surface area contributed by atoms with Gasteiger partial charge in [0.1, 0.15) is 12.4 Å². The van der Waals surface area contributed by atoms with Crippen LogP contribution in [-0.2, 0) is 24.1 Å². The Balaban J connectivity index is 0.00000272. The van der Waals surface area contributed by atoms with E-state index >= 15 is 0 Å². The molecule has 1 saturated heterocycles. The summed E-state index contributed by atoms with van der Waals surface area (Å²) in [6, 6.07) is 14.5. The number of aryl methyl sites for hydroxylation is 1. The quantitative estimate of drug-likeness (QED) is 0.320. The SMILES string of the molecule is I.NC(=NCc1cccc(OCCN2CCOCC2)c1)Nc1cccc2c1CCCC2. The summed E-state index contributed by atoms with van der Waals surface area (Å²) in [6.45, 7) is 5.71. The zero-order chi connectivity index (χ0) is 20.6. The summed E-state index contributed by atoms with van der Waals surface area (Å²) in [7, 11) is 0. The molecular formula is C24H33IN4O2. The van der Waals surface area contributed by atoms with Crippen LogP contribution in [0.1, 0.15) is 29.5 Å². The maximum Gasteiger partial charge on any atom is 0.193 e. The number of guanidine groups is 1. The maximum atomic E-state index is 6.18. The molecule has 168 valence electrons. The Morgan fingerprint density at radius 1 is 1.10 bits per heavy atom. The highest BCUT2D eigenvalue weighted by atomic mass is 127. The molecule has 0 spiro atoms. The molecule has 4 rings (SSSR count). The van der Waals surface area contributed by atoms with Gasteiger partial charge in [-0.3, -0.25) is 4.90 Å². The number of aliphatic imine (C=N–C) groups is 1. The van der Waals surface area contributed by atoms with Crippen LogP contribution >= 0.6 is 24.0 Å². The van der Waals surface area contributed by atoms with Gasteiger partial charge < -0.3 is 20.5 Å². The normalized spacial score (nSPS) is 16.8. The minimum absolute atomic E-state index is 0. The predicted octanol–water partition coefficient (Wildman–Crippen LogP) is 3.82. The van der Waals surface area contributed by atoms with E-state index in [0.717, 1.165) is 62.7 Å². The second-order valence-corrected chi connectivity index (χ2v) is 7.93. The first-order valence-electron chi connectivity index (χ1n) is 11.0. The molecule has 2 aromatic rings. The lowest BCUT2D eigenvalue weighted by Gasteiger charge is -2.26. The third kappa shape index (κ3) is 7.08. The molecule has 3 N–H and O–H groups in total. The fourth-order valence-corrected chi connectivity index (χ4v) is 4.10. The lowest BCUT2D eigenvalue weighted by Crippen LogP contribution is -2.38. The number of fused-ring (bicyclic) bond motifs is 1. The second kappa shape index (κ2) is 12.3. The zero-order valence-electron chi connectivity index (χ0n) is 18.0. The molecule has 1 aliphatic heterocycles. The number of rotatable bonds is 7. The summed E-state index contributed by atoms with van der Waals surface area (Å²) in [5.41, 5.74) is 11.2. The number of hydrogen-bond acceptors (Lipinski definition) is 4. The van der Waals surface area contributed by atoms with Crippen LogP contribution in [0.15, 0.2) is 47.5 Å². The first-order chi connectivity index (χ1) is 14.8. The predicted molar refractivity (Wildman–Crippen MR) is 137 cm³/mol. The van der Waals surface area contributed by atoms with E-state index in [2.05, 4.69) is 39.5 Å². The van der Waals surface area contributed by atoms with Crippen LogP contribution in [0.3, 0.4) is 0 Å². The lowest BCUT2D eigenvalue weighted by atomic mass is 9.90. The van der Waals surface area contributed by atoms with Crippen molar-refractivity contribution in [3.05, 3.63) is 59.2 Å². The Bertz CT molecular complexity index is 868. The van der Waals surface area contributed by atoms with Crippen molar-refractivity contribution in [1.82, 2.24) is 4.90 Å². The van der Waals surface area contributed by atoms with Gasteiger partial charge in [0.2, 0.25) is 0 Å². The van der Waals surface area contributed by atoms with Gasteiger partial charge >= 0.3 is 0 Å². The van der Waals surface area contributed by atoms with Crippen molar-refractivity contribution in [2.45, 2.75) is 32.2 Å². The van der Waals surface area contributed by atoms with E-state index in [0.29, 0.717) is 19.1 Å². The highest BCUT2D eigenvalue weighted by Gasteiger charge is 2.13. The van der Waals surface area contributed by atoms with Gasteiger partial charge in [-0.15, -0.1) is 24.0 Å².